The van der Waals surface area contributed by atoms with E-state index in [0.717, 1.165) is 10.9 Å². The summed E-state index contributed by atoms with van der Waals surface area (Å²) in [5, 5.41) is 3.67. The standard InChI is InChI=1S/C19H19N3O/c1-4-6-12-21-19(23)15-13-18(17(20-3)9-5-2)22-16-11-8-7-10-14(15)16/h4-11,13H,2-3,12H2,1H3,(H,21,23)/b6-4+,17-9-. The number of pyridine rings is 1. The minimum Gasteiger partial charge on any atom is -0.349 e. The molecule has 0 radical (unpaired) electrons. The molecule has 0 aliphatic carbocycles. The summed E-state index contributed by atoms with van der Waals surface area (Å²) in [4.78, 5) is 21.0. The van der Waals surface area contributed by atoms with E-state index in [1.54, 1.807) is 18.2 Å². The highest BCUT2D eigenvalue weighted by Gasteiger charge is 2.13. The van der Waals surface area contributed by atoms with Crippen molar-refractivity contribution in [2.75, 3.05) is 6.54 Å². The first-order chi connectivity index (χ1) is 11.2. The average molecular weight is 305 g/mol. The summed E-state index contributed by atoms with van der Waals surface area (Å²) >= 11 is 0. The fourth-order valence-corrected chi connectivity index (χ4v) is 2.19. The largest absolute Gasteiger partial charge is 0.349 e. The number of rotatable bonds is 6. The van der Waals surface area contributed by atoms with Gasteiger partial charge in [0.25, 0.3) is 5.91 Å². The van der Waals surface area contributed by atoms with E-state index in [0.29, 0.717) is 23.5 Å². The first kappa shape index (κ1) is 16.4. The first-order valence-corrected chi connectivity index (χ1v) is 7.30. The van der Waals surface area contributed by atoms with Crippen molar-refractivity contribution in [3.8, 4) is 0 Å². The summed E-state index contributed by atoms with van der Waals surface area (Å²) in [6.07, 6.45) is 7.11. The van der Waals surface area contributed by atoms with E-state index >= 15 is 0 Å². The van der Waals surface area contributed by atoms with Gasteiger partial charge in [0.15, 0.2) is 0 Å². The van der Waals surface area contributed by atoms with E-state index in [1.165, 1.54) is 0 Å². The summed E-state index contributed by atoms with van der Waals surface area (Å²) in [7, 11) is 0. The Labute approximate surface area is 136 Å². The minimum atomic E-state index is -0.148. The van der Waals surface area contributed by atoms with Crippen LogP contribution in [0.3, 0.4) is 0 Å². The van der Waals surface area contributed by atoms with E-state index in [-0.39, 0.29) is 5.91 Å². The third kappa shape index (κ3) is 3.80. The van der Waals surface area contributed by atoms with Gasteiger partial charge in [-0.15, -0.1) is 0 Å². The van der Waals surface area contributed by atoms with E-state index < -0.39 is 0 Å². The normalized spacial score (nSPS) is 11.6. The quantitative estimate of drug-likeness (QED) is 0.502. The van der Waals surface area contributed by atoms with Crippen molar-refractivity contribution >= 4 is 29.2 Å². The van der Waals surface area contributed by atoms with Gasteiger partial charge in [-0.25, -0.2) is 4.98 Å². The number of carbonyl (C=O) groups is 1. The van der Waals surface area contributed by atoms with Crippen LogP contribution in [0.1, 0.15) is 23.0 Å². The Hall–Kier alpha value is -3.01. The Morgan fingerprint density at radius 1 is 1.39 bits per heavy atom. The van der Waals surface area contributed by atoms with Crippen LogP contribution in [0, 0.1) is 0 Å². The number of hydrogen-bond donors (Lipinski definition) is 1. The second-order valence-corrected chi connectivity index (χ2v) is 4.80. The van der Waals surface area contributed by atoms with Crippen LogP contribution in [0.4, 0.5) is 0 Å². The van der Waals surface area contributed by atoms with Crippen LogP contribution in [-0.2, 0) is 0 Å². The minimum absolute atomic E-state index is 0.148. The number of amides is 1. The average Bonchev–Trinajstić information content (AvgIpc) is 2.58. The molecule has 2 rings (SSSR count). The molecule has 0 bridgehead atoms. The number of fused-ring (bicyclic) bond motifs is 1. The Morgan fingerprint density at radius 2 is 2.17 bits per heavy atom. The third-order valence-electron chi connectivity index (χ3n) is 3.29. The molecule has 0 atom stereocenters. The maximum Gasteiger partial charge on any atom is 0.252 e. The van der Waals surface area contributed by atoms with Crippen molar-refractivity contribution in [2.24, 2.45) is 4.99 Å². The molecule has 0 saturated carbocycles. The summed E-state index contributed by atoms with van der Waals surface area (Å²) in [6.45, 7) is 9.61. The predicted octanol–water partition coefficient (Wildman–Crippen LogP) is 3.77. The lowest BCUT2D eigenvalue weighted by atomic mass is 10.1. The number of nitrogens with one attached hydrogen (secondary N) is 1. The molecule has 1 amide bonds. The number of hydrogen-bond acceptors (Lipinski definition) is 3. The van der Waals surface area contributed by atoms with E-state index in [4.69, 9.17) is 0 Å². The second-order valence-electron chi connectivity index (χ2n) is 4.80. The zero-order valence-corrected chi connectivity index (χ0v) is 13.1. The van der Waals surface area contributed by atoms with Crippen molar-refractivity contribution in [3.05, 3.63) is 72.5 Å². The number of aliphatic imine (C=N–C) groups is 1. The van der Waals surface area contributed by atoms with E-state index in [2.05, 4.69) is 28.6 Å². The molecule has 0 spiro atoms. The zero-order chi connectivity index (χ0) is 16.7. The van der Waals surface area contributed by atoms with Crippen LogP contribution in [0.2, 0.25) is 0 Å². The molecule has 2 aromatic rings. The smallest absolute Gasteiger partial charge is 0.252 e. The molecule has 4 nitrogen and oxygen atoms in total. The number of para-hydroxylation sites is 1. The highest BCUT2D eigenvalue weighted by atomic mass is 16.1. The van der Waals surface area contributed by atoms with Crippen molar-refractivity contribution < 1.29 is 4.79 Å². The SMILES string of the molecule is C=C/C=C(\N=C)c1cc(C(=O)NC/C=C/C)c2ccccc2n1. The lowest BCUT2D eigenvalue weighted by Gasteiger charge is -2.09. The maximum absolute atomic E-state index is 12.5. The van der Waals surface area contributed by atoms with E-state index in [9.17, 15) is 4.79 Å². The Kier molecular flexibility index (Phi) is 5.58. The molecule has 1 aromatic heterocycles. The summed E-state index contributed by atoms with van der Waals surface area (Å²) in [5.41, 5.74) is 2.47. The van der Waals surface area contributed by atoms with Crippen LogP contribution < -0.4 is 5.32 Å². The number of aromatic nitrogens is 1. The van der Waals surface area contributed by atoms with Gasteiger partial charge in [-0.3, -0.25) is 9.79 Å². The molecule has 0 aliphatic heterocycles. The zero-order valence-electron chi connectivity index (χ0n) is 13.1. The number of allylic oxidation sites excluding steroid dienone is 3. The van der Waals surface area contributed by atoms with Gasteiger partial charge in [0.1, 0.15) is 0 Å². The van der Waals surface area contributed by atoms with Crippen molar-refractivity contribution in [3.63, 3.8) is 0 Å². The summed E-state index contributed by atoms with van der Waals surface area (Å²) in [5.74, 6) is -0.148. The molecule has 4 heteroatoms. The van der Waals surface area contributed by atoms with Gasteiger partial charge in [0, 0.05) is 11.9 Å². The molecule has 0 aliphatic rings. The van der Waals surface area contributed by atoms with Gasteiger partial charge < -0.3 is 5.32 Å². The van der Waals surface area contributed by atoms with Gasteiger partial charge in [0.2, 0.25) is 0 Å². The summed E-state index contributed by atoms with van der Waals surface area (Å²) in [6, 6.07) is 9.26. The topological polar surface area (TPSA) is 54.4 Å². The lowest BCUT2D eigenvalue weighted by Crippen LogP contribution is -2.23. The van der Waals surface area contributed by atoms with Crippen LogP contribution in [0.25, 0.3) is 16.6 Å². The third-order valence-corrected chi connectivity index (χ3v) is 3.29. The van der Waals surface area contributed by atoms with Gasteiger partial charge >= 0.3 is 0 Å². The molecule has 0 saturated heterocycles. The fourth-order valence-electron chi connectivity index (χ4n) is 2.19. The Morgan fingerprint density at radius 3 is 2.87 bits per heavy atom. The van der Waals surface area contributed by atoms with Crippen LogP contribution in [0.5, 0.6) is 0 Å². The molecule has 0 unspecified atom stereocenters. The van der Waals surface area contributed by atoms with Crippen molar-refractivity contribution in [1.29, 1.82) is 0 Å². The number of carbonyl (C=O) groups excluding carboxylic acids is 1. The molecule has 1 heterocycles. The second kappa shape index (κ2) is 7.84. The van der Waals surface area contributed by atoms with E-state index in [1.807, 2.05) is 43.3 Å². The molecular weight excluding hydrogens is 286 g/mol. The molecule has 0 fully saturated rings. The van der Waals surface area contributed by atoms with Gasteiger partial charge in [-0.2, -0.15) is 0 Å². The highest BCUT2D eigenvalue weighted by Crippen LogP contribution is 2.23. The maximum atomic E-state index is 12.5. The summed E-state index contributed by atoms with van der Waals surface area (Å²) < 4.78 is 0. The van der Waals surface area contributed by atoms with Crippen molar-refractivity contribution in [1.82, 2.24) is 10.3 Å². The lowest BCUT2D eigenvalue weighted by molar-refractivity contribution is 0.0959. The molecule has 1 aromatic carbocycles. The van der Waals surface area contributed by atoms with Gasteiger partial charge in [-0.1, -0.05) is 43.0 Å². The monoisotopic (exact) mass is 305 g/mol. The molecule has 1 N–H and O–H groups in total. The van der Waals surface area contributed by atoms with Crippen LogP contribution >= 0.6 is 0 Å². The Bertz CT molecular complexity index is 803. The van der Waals surface area contributed by atoms with Crippen LogP contribution in [-0.4, -0.2) is 24.2 Å². The predicted molar refractivity (Wildman–Crippen MR) is 96.6 cm³/mol. The van der Waals surface area contributed by atoms with Crippen molar-refractivity contribution in [2.45, 2.75) is 6.92 Å². The molecule has 116 valence electrons. The number of benzene rings is 1. The van der Waals surface area contributed by atoms with Crippen LogP contribution in [0.15, 0.2) is 66.2 Å². The fraction of sp³-hybridized carbons (Fsp3) is 0.105. The van der Waals surface area contributed by atoms with Gasteiger partial charge in [0.05, 0.1) is 22.5 Å². The Balaban J connectivity index is 2.57. The highest BCUT2D eigenvalue weighted by molar-refractivity contribution is 6.06. The molecular formula is C19H19N3O. The number of nitrogens with zero attached hydrogens (tertiary/aromatic N) is 2. The van der Waals surface area contributed by atoms with Gasteiger partial charge in [-0.05, 0) is 31.9 Å². The molecule has 23 heavy (non-hydrogen) atoms. The first-order valence-electron chi connectivity index (χ1n) is 7.30.